The van der Waals surface area contributed by atoms with E-state index in [-0.39, 0.29) is 5.84 Å². The lowest BCUT2D eigenvalue weighted by atomic mass is 10.1. The largest absolute Gasteiger partial charge is 0.496 e. The zero-order valence-electron chi connectivity index (χ0n) is 9.75. The molecule has 0 bridgehead atoms. The van der Waals surface area contributed by atoms with Gasteiger partial charge in [0.2, 0.25) is 0 Å². The minimum absolute atomic E-state index is 0.0548. The highest BCUT2D eigenvalue weighted by atomic mass is 32.2. The van der Waals surface area contributed by atoms with E-state index in [4.69, 9.17) is 15.9 Å². The van der Waals surface area contributed by atoms with E-state index in [0.29, 0.717) is 11.3 Å². The Balaban J connectivity index is 2.81. The first-order valence-corrected chi connectivity index (χ1v) is 6.43. The molecule has 0 spiro atoms. The third-order valence-corrected chi connectivity index (χ3v) is 3.41. The monoisotopic (exact) mass is 238 g/mol. The molecule has 0 radical (unpaired) electrons. The normalized spacial score (nSPS) is 10.1. The summed E-state index contributed by atoms with van der Waals surface area (Å²) in [5.41, 5.74) is 7.37. The van der Waals surface area contributed by atoms with Crippen LogP contribution < -0.4 is 10.5 Å². The van der Waals surface area contributed by atoms with Crippen LogP contribution in [0.25, 0.3) is 0 Å². The predicted octanol–water partition coefficient (Wildman–Crippen LogP) is 2.62. The minimum atomic E-state index is 0.0548. The number of ether oxygens (including phenoxy) is 1. The van der Waals surface area contributed by atoms with Crippen LogP contribution in [0, 0.1) is 5.41 Å². The topological polar surface area (TPSA) is 59.1 Å². The van der Waals surface area contributed by atoms with Gasteiger partial charge in [0.05, 0.1) is 12.7 Å². The first-order valence-electron chi connectivity index (χ1n) is 5.28. The molecule has 1 rings (SSSR count). The van der Waals surface area contributed by atoms with E-state index in [2.05, 4.69) is 6.92 Å². The van der Waals surface area contributed by atoms with Crippen LogP contribution in [0.4, 0.5) is 0 Å². The molecular formula is C12H18N2OS. The maximum absolute atomic E-state index is 7.48. The van der Waals surface area contributed by atoms with Crippen LogP contribution in [0.1, 0.15) is 24.5 Å². The summed E-state index contributed by atoms with van der Waals surface area (Å²) in [7, 11) is 1.59. The number of benzene rings is 1. The van der Waals surface area contributed by atoms with Gasteiger partial charge in [-0.15, -0.1) is 0 Å². The van der Waals surface area contributed by atoms with Crippen molar-refractivity contribution in [3.63, 3.8) is 0 Å². The van der Waals surface area contributed by atoms with Crippen LogP contribution in [-0.4, -0.2) is 18.7 Å². The fourth-order valence-electron chi connectivity index (χ4n) is 1.39. The lowest BCUT2D eigenvalue weighted by Crippen LogP contribution is -2.12. The summed E-state index contributed by atoms with van der Waals surface area (Å²) in [5, 5.41) is 7.48. The van der Waals surface area contributed by atoms with Gasteiger partial charge in [0, 0.05) is 5.75 Å². The summed E-state index contributed by atoms with van der Waals surface area (Å²) in [6.45, 7) is 2.17. The van der Waals surface area contributed by atoms with E-state index in [0.717, 1.165) is 11.5 Å². The second-order valence-electron chi connectivity index (χ2n) is 3.50. The Morgan fingerprint density at radius 1 is 1.50 bits per heavy atom. The molecule has 3 N–H and O–H groups in total. The van der Waals surface area contributed by atoms with E-state index in [1.165, 1.54) is 12.0 Å². The zero-order chi connectivity index (χ0) is 12.0. The molecule has 16 heavy (non-hydrogen) atoms. The van der Waals surface area contributed by atoms with Crippen LogP contribution in [0.5, 0.6) is 5.75 Å². The molecular weight excluding hydrogens is 220 g/mol. The molecule has 0 aliphatic heterocycles. The van der Waals surface area contributed by atoms with Gasteiger partial charge in [0.15, 0.2) is 0 Å². The lowest BCUT2D eigenvalue weighted by Gasteiger charge is -2.09. The van der Waals surface area contributed by atoms with Crippen molar-refractivity contribution in [3.05, 3.63) is 29.3 Å². The van der Waals surface area contributed by atoms with E-state index in [1.807, 2.05) is 30.0 Å². The molecule has 0 heterocycles. The number of thioether (sulfide) groups is 1. The van der Waals surface area contributed by atoms with Gasteiger partial charge in [0.25, 0.3) is 0 Å². The fourth-order valence-corrected chi connectivity index (χ4v) is 2.24. The molecule has 3 nitrogen and oxygen atoms in total. The van der Waals surface area contributed by atoms with E-state index < -0.39 is 0 Å². The highest BCUT2D eigenvalue weighted by molar-refractivity contribution is 7.98. The number of hydrogen-bond acceptors (Lipinski definition) is 3. The average Bonchev–Trinajstić information content (AvgIpc) is 2.29. The van der Waals surface area contributed by atoms with Crippen molar-refractivity contribution < 1.29 is 4.74 Å². The van der Waals surface area contributed by atoms with Gasteiger partial charge < -0.3 is 10.5 Å². The number of nitrogens with one attached hydrogen (secondary N) is 1. The molecule has 0 amide bonds. The Kier molecular flexibility index (Phi) is 5.19. The van der Waals surface area contributed by atoms with Gasteiger partial charge in [-0.25, -0.2) is 0 Å². The zero-order valence-corrected chi connectivity index (χ0v) is 10.6. The molecule has 88 valence electrons. The lowest BCUT2D eigenvalue weighted by molar-refractivity contribution is 0.413. The van der Waals surface area contributed by atoms with Crippen molar-refractivity contribution in [2.75, 3.05) is 12.9 Å². The molecule has 4 heteroatoms. The van der Waals surface area contributed by atoms with Gasteiger partial charge in [-0.2, -0.15) is 11.8 Å². The smallest absolute Gasteiger partial charge is 0.129 e. The highest BCUT2D eigenvalue weighted by Gasteiger charge is 2.06. The molecule has 0 atom stereocenters. The maximum Gasteiger partial charge on any atom is 0.129 e. The summed E-state index contributed by atoms with van der Waals surface area (Å²) in [4.78, 5) is 0. The molecule has 1 aromatic carbocycles. The van der Waals surface area contributed by atoms with Gasteiger partial charge in [0.1, 0.15) is 11.6 Å². The third-order valence-electron chi connectivity index (χ3n) is 2.17. The summed E-state index contributed by atoms with van der Waals surface area (Å²) in [6, 6.07) is 5.83. The summed E-state index contributed by atoms with van der Waals surface area (Å²) in [6.07, 6.45) is 1.18. The van der Waals surface area contributed by atoms with Crippen molar-refractivity contribution in [2.24, 2.45) is 5.73 Å². The molecule has 0 unspecified atom stereocenters. The minimum Gasteiger partial charge on any atom is -0.496 e. The Labute approximate surface area is 101 Å². The summed E-state index contributed by atoms with van der Waals surface area (Å²) >= 11 is 1.89. The average molecular weight is 238 g/mol. The van der Waals surface area contributed by atoms with Crippen molar-refractivity contribution in [3.8, 4) is 5.75 Å². The van der Waals surface area contributed by atoms with Gasteiger partial charge in [-0.3, -0.25) is 5.41 Å². The first-order chi connectivity index (χ1) is 7.69. The van der Waals surface area contributed by atoms with Crippen LogP contribution in [-0.2, 0) is 5.75 Å². The summed E-state index contributed by atoms with van der Waals surface area (Å²) in [5.74, 6) is 2.83. The molecule has 0 saturated carbocycles. The third kappa shape index (κ3) is 3.45. The van der Waals surface area contributed by atoms with Crippen molar-refractivity contribution >= 4 is 17.6 Å². The SMILES string of the molecule is CCCSCc1ccc(OC)c(C(=N)N)c1. The Morgan fingerprint density at radius 2 is 2.25 bits per heavy atom. The molecule has 0 saturated heterocycles. The Morgan fingerprint density at radius 3 is 2.81 bits per heavy atom. The molecule has 0 aliphatic carbocycles. The van der Waals surface area contributed by atoms with Gasteiger partial charge in [-0.1, -0.05) is 13.0 Å². The van der Waals surface area contributed by atoms with Crippen molar-refractivity contribution in [1.82, 2.24) is 0 Å². The quantitative estimate of drug-likeness (QED) is 0.455. The van der Waals surface area contributed by atoms with Crippen LogP contribution in [0.15, 0.2) is 18.2 Å². The van der Waals surface area contributed by atoms with Crippen LogP contribution >= 0.6 is 11.8 Å². The van der Waals surface area contributed by atoms with Crippen molar-refractivity contribution in [2.45, 2.75) is 19.1 Å². The van der Waals surface area contributed by atoms with Gasteiger partial charge in [-0.05, 0) is 29.9 Å². The number of amidine groups is 1. The number of nitrogens with two attached hydrogens (primary N) is 1. The van der Waals surface area contributed by atoms with E-state index >= 15 is 0 Å². The molecule has 1 aromatic rings. The van der Waals surface area contributed by atoms with Crippen LogP contribution in [0.3, 0.4) is 0 Å². The molecule has 0 aromatic heterocycles. The second-order valence-corrected chi connectivity index (χ2v) is 4.61. The van der Waals surface area contributed by atoms with Gasteiger partial charge >= 0.3 is 0 Å². The highest BCUT2D eigenvalue weighted by Crippen LogP contribution is 2.22. The Bertz CT molecular complexity index is 366. The van der Waals surface area contributed by atoms with Crippen molar-refractivity contribution in [1.29, 1.82) is 5.41 Å². The fraction of sp³-hybridized carbons (Fsp3) is 0.417. The van der Waals surface area contributed by atoms with Crippen LogP contribution in [0.2, 0.25) is 0 Å². The second kappa shape index (κ2) is 6.43. The first kappa shape index (κ1) is 12.9. The standard InChI is InChI=1S/C12H18N2OS/c1-3-6-16-8-9-4-5-11(15-2)10(7-9)12(13)14/h4-5,7H,3,6,8H2,1-2H3,(H3,13,14). The summed E-state index contributed by atoms with van der Waals surface area (Å²) < 4.78 is 5.16. The Hall–Kier alpha value is -1.16. The number of methoxy groups -OCH3 is 1. The number of rotatable bonds is 6. The van der Waals surface area contributed by atoms with E-state index in [1.54, 1.807) is 7.11 Å². The number of hydrogen-bond donors (Lipinski definition) is 2. The van der Waals surface area contributed by atoms with E-state index in [9.17, 15) is 0 Å². The number of nitrogen functional groups attached to an aromatic ring is 1. The molecule has 0 aliphatic rings. The maximum atomic E-state index is 7.48. The molecule has 0 fully saturated rings. The predicted molar refractivity (Wildman–Crippen MR) is 70.5 cm³/mol.